The fourth-order valence-corrected chi connectivity index (χ4v) is 2.73. The van der Waals surface area contributed by atoms with Gasteiger partial charge in [-0.25, -0.2) is 0 Å². The van der Waals surface area contributed by atoms with Gasteiger partial charge in [0, 0.05) is 33.7 Å². The molecule has 0 unspecified atom stereocenters. The molecule has 3 rings (SSSR count). The van der Waals surface area contributed by atoms with Crippen molar-refractivity contribution in [1.82, 2.24) is 15.8 Å². The first-order chi connectivity index (χ1) is 13.5. The van der Waals surface area contributed by atoms with Crippen LogP contribution in [0.2, 0.25) is 0 Å². The molecule has 0 saturated carbocycles. The molecule has 0 saturated heterocycles. The summed E-state index contributed by atoms with van der Waals surface area (Å²) in [5.74, 6) is -1.31. The Kier molecular flexibility index (Phi) is 6.13. The first-order valence-electron chi connectivity index (χ1n) is 8.20. The number of carbonyl (C=O) groups is 3. The molecule has 7 nitrogen and oxygen atoms in total. The van der Waals surface area contributed by atoms with Crippen LogP contribution in [0.3, 0.4) is 0 Å². The van der Waals surface area contributed by atoms with Gasteiger partial charge in [-0.1, -0.05) is 28.1 Å². The summed E-state index contributed by atoms with van der Waals surface area (Å²) in [5, 5.41) is 2.74. The lowest BCUT2D eigenvalue weighted by Gasteiger charge is -2.09. The predicted octanol–water partition coefficient (Wildman–Crippen LogP) is 3.17. The van der Waals surface area contributed by atoms with Gasteiger partial charge in [0.05, 0.1) is 5.56 Å². The number of amides is 3. The highest BCUT2D eigenvalue weighted by atomic mass is 79.9. The van der Waals surface area contributed by atoms with Gasteiger partial charge in [-0.3, -0.25) is 30.2 Å². The SMILES string of the molecule is O=C(NNC(=O)c1cccc(NC(=O)c2cccc(Br)c2)c1)c1cccnc1. The van der Waals surface area contributed by atoms with Gasteiger partial charge in [0.15, 0.2) is 0 Å². The summed E-state index contributed by atoms with van der Waals surface area (Å²) in [5.41, 5.74) is 6.18. The van der Waals surface area contributed by atoms with E-state index in [0.717, 1.165) is 4.47 Å². The Labute approximate surface area is 169 Å². The minimum Gasteiger partial charge on any atom is -0.322 e. The lowest BCUT2D eigenvalue weighted by Crippen LogP contribution is -2.41. The number of benzene rings is 2. The van der Waals surface area contributed by atoms with Crippen LogP contribution in [-0.2, 0) is 0 Å². The Morgan fingerprint density at radius 1 is 0.750 bits per heavy atom. The number of halogens is 1. The molecule has 3 aromatic rings. The molecule has 0 aliphatic heterocycles. The van der Waals surface area contributed by atoms with Crippen LogP contribution >= 0.6 is 15.9 Å². The zero-order valence-electron chi connectivity index (χ0n) is 14.5. The van der Waals surface area contributed by atoms with Crippen molar-refractivity contribution < 1.29 is 14.4 Å². The summed E-state index contributed by atoms with van der Waals surface area (Å²) in [4.78, 5) is 40.4. The summed E-state index contributed by atoms with van der Waals surface area (Å²) in [6.45, 7) is 0. The summed E-state index contributed by atoms with van der Waals surface area (Å²) in [7, 11) is 0. The van der Waals surface area contributed by atoms with Gasteiger partial charge in [-0.05, 0) is 48.5 Å². The molecule has 140 valence electrons. The van der Waals surface area contributed by atoms with Gasteiger partial charge in [0.1, 0.15) is 0 Å². The predicted molar refractivity (Wildman–Crippen MR) is 108 cm³/mol. The minimum atomic E-state index is -0.518. The Hall–Kier alpha value is -3.52. The van der Waals surface area contributed by atoms with Crippen LogP contribution in [0.1, 0.15) is 31.1 Å². The van der Waals surface area contributed by atoms with Crippen molar-refractivity contribution in [3.63, 3.8) is 0 Å². The van der Waals surface area contributed by atoms with Crippen LogP contribution in [-0.4, -0.2) is 22.7 Å². The Bertz CT molecular complexity index is 1020. The molecule has 3 N–H and O–H groups in total. The highest BCUT2D eigenvalue weighted by Crippen LogP contribution is 2.15. The molecule has 3 amide bonds. The lowest BCUT2D eigenvalue weighted by molar-refractivity contribution is 0.0846. The second-order valence-electron chi connectivity index (χ2n) is 5.70. The molecule has 8 heteroatoms. The smallest absolute Gasteiger partial charge is 0.271 e. The van der Waals surface area contributed by atoms with Gasteiger partial charge >= 0.3 is 0 Å². The van der Waals surface area contributed by atoms with E-state index >= 15 is 0 Å². The summed E-state index contributed by atoms with van der Waals surface area (Å²) in [6.07, 6.45) is 2.93. The molecular formula is C20H15BrN4O3. The maximum atomic E-state index is 12.3. The fraction of sp³-hybridized carbons (Fsp3) is 0. The second-order valence-corrected chi connectivity index (χ2v) is 6.61. The third kappa shape index (κ3) is 5.01. The molecule has 0 spiro atoms. The monoisotopic (exact) mass is 438 g/mol. The topological polar surface area (TPSA) is 100 Å². The Morgan fingerprint density at radius 2 is 1.39 bits per heavy atom. The fourth-order valence-electron chi connectivity index (χ4n) is 2.33. The third-order valence-electron chi connectivity index (χ3n) is 3.68. The Balaban J connectivity index is 1.63. The van der Waals surface area contributed by atoms with Crippen molar-refractivity contribution in [2.24, 2.45) is 0 Å². The number of hydrazine groups is 1. The van der Waals surface area contributed by atoms with E-state index in [1.165, 1.54) is 12.3 Å². The number of nitrogens with one attached hydrogen (secondary N) is 3. The first-order valence-corrected chi connectivity index (χ1v) is 9.00. The number of carbonyl (C=O) groups excluding carboxylic acids is 3. The standard InChI is InChI=1S/C20H15BrN4O3/c21-16-7-1-4-13(10-16)18(26)23-17-8-2-5-14(11-17)19(27)24-25-20(28)15-6-3-9-22-12-15/h1-12H,(H,23,26)(H,24,27)(H,25,28). The van der Waals surface area contributed by atoms with Crippen LogP contribution in [0, 0.1) is 0 Å². The van der Waals surface area contributed by atoms with Gasteiger partial charge in [-0.2, -0.15) is 0 Å². The lowest BCUT2D eigenvalue weighted by atomic mass is 10.1. The number of hydrogen-bond donors (Lipinski definition) is 3. The maximum Gasteiger partial charge on any atom is 0.271 e. The van der Waals surface area contributed by atoms with Gasteiger partial charge in [0.25, 0.3) is 17.7 Å². The number of aromatic nitrogens is 1. The van der Waals surface area contributed by atoms with Gasteiger partial charge < -0.3 is 5.32 Å². The zero-order valence-corrected chi connectivity index (χ0v) is 16.1. The summed E-state index contributed by atoms with van der Waals surface area (Å²) < 4.78 is 0.789. The third-order valence-corrected chi connectivity index (χ3v) is 4.18. The normalized spacial score (nSPS) is 10.0. The number of anilines is 1. The molecule has 0 bridgehead atoms. The average Bonchev–Trinajstić information content (AvgIpc) is 2.72. The second kappa shape index (κ2) is 8.92. The summed E-state index contributed by atoms with van der Waals surface area (Å²) >= 11 is 3.32. The Morgan fingerprint density at radius 3 is 2.07 bits per heavy atom. The van der Waals surface area contributed by atoms with E-state index in [1.807, 2.05) is 6.07 Å². The van der Waals surface area contributed by atoms with Crippen molar-refractivity contribution in [3.8, 4) is 0 Å². The van der Waals surface area contributed by atoms with E-state index in [9.17, 15) is 14.4 Å². The van der Waals surface area contributed by atoms with Crippen LogP contribution in [0.5, 0.6) is 0 Å². The molecule has 0 fully saturated rings. The van der Waals surface area contributed by atoms with Gasteiger partial charge in [-0.15, -0.1) is 0 Å². The van der Waals surface area contributed by atoms with E-state index in [2.05, 4.69) is 37.1 Å². The number of pyridine rings is 1. The van der Waals surface area contributed by atoms with E-state index in [-0.39, 0.29) is 11.5 Å². The maximum absolute atomic E-state index is 12.3. The van der Waals surface area contributed by atoms with Crippen molar-refractivity contribution >= 4 is 39.3 Å². The largest absolute Gasteiger partial charge is 0.322 e. The first kappa shape index (κ1) is 19.2. The van der Waals surface area contributed by atoms with Crippen LogP contribution in [0.25, 0.3) is 0 Å². The molecule has 1 heterocycles. The van der Waals surface area contributed by atoms with Crippen molar-refractivity contribution in [2.45, 2.75) is 0 Å². The van der Waals surface area contributed by atoms with Crippen LogP contribution in [0.15, 0.2) is 77.5 Å². The highest BCUT2D eigenvalue weighted by Gasteiger charge is 2.11. The molecular weight excluding hydrogens is 424 g/mol. The molecule has 0 aliphatic rings. The molecule has 0 radical (unpaired) electrons. The molecule has 0 atom stereocenters. The van der Waals surface area contributed by atoms with E-state index < -0.39 is 11.8 Å². The van der Waals surface area contributed by atoms with Crippen molar-refractivity contribution in [1.29, 1.82) is 0 Å². The van der Waals surface area contributed by atoms with Crippen LogP contribution in [0.4, 0.5) is 5.69 Å². The quantitative estimate of drug-likeness (QED) is 0.544. The van der Waals surface area contributed by atoms with Gasteiger partial charge in [0.2, 0.25) is 0 Å². The van der Waals surface area contributed by atoms with Crippen molar-refractivity contribution in [2.75, 3.05) is 5.32 Å². The molecule has 2 aromatic carbocycles. The molecule has 0 aliphatic carbocycles. The average molecular weight is 439 g/mol. The minimum absolute atomic E-state index is 0.276. The molecule has 1 aromatic heterocycles. The van der Waals surface area contributed by atoms with E-state index in [0.29, 0.717) is 16.8 Å². The molecule has 28 heavy (non-hydrogen) atoms. The van der Waals surface area contributed by atoms with Crippen LogP contribution < -0.4 is 16.2 Å². The number of nitrogens with zero attached hydrogens (tertiary/aromatic N) is 1. The van der Waals surface area contributed by atoms with E-state index in [1.54, 1.807) is 54.7 Å². The van der Waals surface area contributed by atoms with E-state index in [4.69, 9.17) is 0 Å². The number of rotatable bonds is 4. The summed E-state index contributed by atoms with van der Waals surface area (Å²) in [6, 6.07) is 16.5. The highest BCUT2D eigenvalue weighted by molar-refractivity contribution is 9.10. The number of hydrogen-bond acceptors (Lipinski definition) is 4. The zero-order chi connectivity index (χ0) is 19.9. The van der Waals surface area contributed by atoms with Crippen molar-refractivity contribution in [3.05, 3.63) is 94.2 Å².